The molecule has 0 aromatic carbocycles. The molecule has 3 aromatic rings. The molecule has 0 saturated heterocycles. The molecular weight excluding hydrogens is 314 g/mol. The van der Waals surface area contributed by atoms with Gasteiger partial charge in [-0.2, -0.15) is 0 Å². The predicted molar refractivity (Wildman–Crippen MR) is 84.8 cm³/mol. The summed E-state index contributed by atoms with van der Waals surface area (Å²) in [4.78, 5) is 13.1. The molecular formula is C14H13N7OS. The topological polar surface area (TPSA) is 80.8 Å². The van der Waals surface area contributed by atoms with Gasteiger partial charge in [-0.05, 0) is 12.1 Å². The molecule has 3 aromatic heterocycles. The van der Waals surface area contributed by atoms with Crippen molar-refractivity contribution in [2.45, 2.75) is 6.67 Å². The second-order valence-electron chi connectivity index (χ2n) is 4.92. The van der Waals surface area contributed by atoms with Crippen molar-refractivity contribution < 1.29 is 4.74 Å². The highest BCUT2D eigenvalue weighted by Crippen LogP contribution is 2.35. The molecule has 0 spiro atoms. The number of fused-ring (bicyclic) bond motifs is 1. The molecule has 4 heterocycles. The number of hydrogen-bond acceptors (Lipinski definition) is 8. The van der Waals surface area contributed by atoms with Gasteiger partial charge in [-0.15, -0.1) is 16.5 Å². The minimum Gasteiger partial charge on any atom is -0.363 e. The maximum atomic E-state index is 5.06. The van der Waals surface area contributed by atoms with Gasteiger partial charge in [-0.25, -0.2) is 15.0 Å². The van der Waals surface area contributed by atoms with E-state index >= 15 is 0 Å². The summed E-state index contributed by atoms with van der Waals surface area (Å²) in [6, 6.07) is 3.87. The Bertz CT molecular complexity index is 842. The van der Waals surface area contributed by atoms with Crippen molar-refractivity contribution in [3.63, 3.8) is 0 Å². The highest BCUT2D eigenvalue weighted by molar-refractivity contribution is 7.13. The Morgan fingerprint density at radius 2 is 2.17 bits per heavy atom. The number of pyridine rings is 1. The minimum absolute atomic E-state index is 0.389. The first kappa shape index (κ1) is 14.0. The maximum Gasteiger partial charge on any atom is 0.188 e. The Morgan fingerprint density at radius 1 is 1.30 bits per heavy atom. The second kappa shape index (κ2) is 5.86. The molecule has 0 atom stereocenters. The molecule has 0 saturated carbocycles. The van der Waals surface area contributed by atoms with Gasteiger partial charge in [0.1, 0.15) is 24.1 Å². The van der Waals surface area contributed by atoms with Crippen LogP contribution in [-0.2, 0) is 11.4 Å². The number of imidazole rings is 1. The molecule has 0 bridgehead atoms. The summed E-state index contributed by atoms with van der Waals surface area (Å²) in [6.45, 7) is 0.947. The van der Waals surface area contributed by atoms with Gasteiger partial charge in [0.2, 0.25) is 0 Å². The van der Waals surface area contributed by atoms with Crippen LogP contribution in [0.1, 0.15) is 0 Å². The largest absolute Gasteiger partial charge is 0.363 e. The van der Waals surface area contributed by atoms with Crippen molar-refractivity contribution in [3.05, 3.63) is 36.2 Å². The van der Waals surface area contributed by atoms with E-state index in [1.54, 1.807) is 30.8 Å². The van der Waals surface area contributed by atoms with Crippen LogP contribution in [0.5, 0.6) is 0 Å². The van der Waals surface area contributed by atoms with E-state index in [0.717, 1.165) is 22.0 Å². The molecule has 116 valence electrons. The van der Waals surface area contributed by atoms with Crippen molar-refractivity contribution in [3.8, 4) is 22.0 Å². The first-order valence-electron chi connectivity index (χ1n) is 6.92. The van der Waals surface area contributed by atoms with Crippen molar-refractivity contribution in [2.24, 2.45) is 10.3 Å². The number of hydrogen-bond donors (Lipinski definition) is 0. The zero-order chi connectivity index (χ0) is 15.6. The zero-order valence-electron chi connectivity index (χ0n) is 12.3. The molecule has 0 aliphatic carbocycles. The highest BCUT2D eigenvalue weighted by Gasteiger charge is 2.20. The van der Waals surface area contributed by atoms with E-state index in [1.165, 1.54) is 11.3 Å². The van der Waals surface area contributed by atoms with E-state index < -0.39 is 0 Å². The van der Waals surface area contributed by atoms with Crippen LogP contribution in [0.3, 0.4) is 0 Å². The number of aromatic nitrogens is 4. The molecule has 23 heavy (non-hydrogen) atoms. The summed E-state index contributed by atoms with van der Waals surface area (Å²) in [5.41, 5.74) is 2.68. The molecule has 0 radical (unpaired) electrons. The molecule has 0 unspecified atom stereocenters. The lowest BCUT2D eigenvalue weighted by Crippen LogP contribution is -2.24. The lowest BCUT2D eigenvalue weighted by atomic mass is 10.2. The van der Waals surface area contributed by atoms with Crippen molar-refractivity contribution in [2.75, 3.05) is 13.8 Å². The van der Waals surface area contributed by atoms with Crippen LogP contribution >= 0.6 is 11.3 Å². The van der Waals surface area contributed by atoms with Gasteiger partial charge in [0.05, 0.1) is 12.0 Å². The number of thiazole rings is 1. The van der Waals surface area contributed by atoms with E-state index in [4.69, 9.17) is 4.74 Å². The molecule has 9 heteroatoms. The molecule has 0 amide bonds. The summed E-state index contributed by atoms with van der Waals surface area (Å²) in [5.74, 6) is 0.716. The average molecular weight is 327 g/mol. The third-order valence-electron chi connectivity index (χ3n) is 3.35. The summed E-state index contributed by atoms with van der Waals surface area (Å²) in [6.07, 6.45) is 5.26. The van der Waals surface area contributed by atoms with E-state index in [-0.39, 0.29) is 0 Å². The van der Waals surface area contributed by atoms with Crippen LogP contribution in [0, 0.1) is 0 Å². The monoisotopic (exact) mass is 327 g/mol. The van der Waals surface area contributed by atoms with Gasteiger partial charge in [-0.3, -0.25) is 9.55 Å². The van der Waals surface area contributed by atoms with Gasteiger partial charge in [0.15, 0.2) is 5.82 Å². The van der Waals surface area contributed by atoms with Gasteiger partial charge in [-0.1, -0.05) is 5.22 Å². The van der Waals surface area contributed by atoms with Gasteiger partial charge in [0.25, 0.3) is 0 Å². The van der Waals surface area contributed by atoms with Crippen LogP contribution < -0.4 is 0 Å². The molecule has 0 fully saturated rings. The number of ether oxygens (including phenoxy) is 1. The van der Waals surface area contributed by atoms with Crippen LogP contribution in [0.25, 0.3) is 22.0 Å². The Morgan fingerprint density at radius 3 is 3.00 bits per heavy atom. The summed E-state index contributed by atoms with van der Waals surface area (Å²) in [5, 5.41) is 12.9. The third kappa shape index (κ3) is 2.60. The van der Waals surface area contributed by atoms with Crippen molar-refractivity contribution in [1.29, 1.82) is 0 Å². The minimum atomic E-state index is 0.389. The molecule has 4 rings (SSSR count). The first-order valence-corrected chi connectivity index (χ1v) is 7.80. The zero-order valence-corrected chi connectivity index (χ0v) is 13.1. The lowest BCUT2D eigenvalue weighted by Gasteiger charge is -2.20. The number of nitrogens with zero attached hydrogens (tertiary/aromatic N) is 7. The van der Waals surface area contributed by atoms with Gasteiger partial charge >= 0.3 is 0 Å². The first-order chi connectivity index (χ1) is 11.3. The second-order valence-corrected chi connectivity index (χ2v) is 5.77. The Balaban J connectivity index is 1.65. The van der Waals surface area contributed by atoms with Crippen LogP contribution in [0.15, 0.2) is 46.6 Å². The van der Waals surface area contributed by atoms with E-state index in [2.05, 4.69) is 25.3 Å². The molecule has 1 aliphatic rings. The van der Waals surface area contributed by atoms with Gasteiger partial charge in [0, 0.05) is 30.4 Å². The number of rotatable bonds is 4. The average Bonchev–Trinajstić information content (AvgIpc) is 3.22. The Kier molecular flexibility index (Phi) is 3.56. The van der Waals surface area contributed by atoms with Crippen molar-refractivity contribution >= 4 is 17.2 Å². The van der Waals surface area contributed by atoms with E-state index in [1.807, 2.05) is 22.1 Å². The summed E-state index contributed by atoms with van der Waals surface area (Å²) >= 11 is 1.54. The molecule has 8 nitrogen and oxygen atoms in total. The van der Waals surface area contributed by atoms with Crippen LogP contribution in [-0.4, -0.2) is 38.4 Å². The summed E-state index contributed by atoms with van der Waals surface area (Å²) in [7, 11) is 1.63. The van der Waals surface area contributed by atoms with Crippen LogP contribution in [0.4, 0.5) is 5.82 Å². The summed E-state index contributed by atoms with van der Waals surface area (Å²) < 4.78 is 6.99. The predicted octanol–water partition coefficient (Wildman–Crippen LogP) is 2.94. The highest BCUT2D eigenvalue weighted by atomic mass is 32.1. The lowest BCUT2D eigenvalue weighted by molar-refractivity contribution is 0.0335. The smallest absolute Gasteiger partial charge is 0.188 e. The molecule has 1 aliphatic heterocycles. The standard InChI is InChI=1S/C14H13N7OS/c1-22-9-21-8-20-7-16-12(13(20)18-19-21)14-17-11(6-23-14)10-2-4-15-5-3-10/h2-7H,8-9H2,1H3. The maximum absolute atomic E-state index is 5.06. The Labute approximate surface area is 136 Å². The quantitative estimate of drug-likeness (QED) is 0.736. The van der Waals surface area contributed by atoms with E-state index in [9.17, 15) is 0 Å². The fourth-order valence-electron chi connectivity index (χ4n) is 2.30. The number of methoxy groups -OCH3 is 1. The Hall–Kier alpha value is -2.65. The third-order valence-corrected chi connectivity index (χ3v) is 4.20. The van der Waals surface area contributed by atoms with Crippen molar-refractivity contribution in [1.82, 2.24) is 24.5 Å². The fraction of sp³-hybridized carbons (Fsp3) is 0.214. The molecule has 0 N–H and O–H groups in total. The van der Waals surface area contributed by atoms with Gasteiger partial charge < -0.3 is 4.74 Å². The normalized spacial score (nSPS) is 13.3. The SMILES string of the molecule is COCN1Cn2cnc(-c3nc(-c4ccncc4)cs3)c2N=N1. The van der Waals surface area contributed by atoms with E-state index in [0.29, 0.717) is 19.2 Å². The fourth-order valence-corrected chi connectivity index (χ4v) is 3.12. The van der Waals surface area contributed by atoms with Crippen LogP contribution in [0.2, 0.25) is 0 Å².